The quantitative estimate of drug-likeness (QED) is 0.227. The molecule has 0 aliphatic heterocycles. The number of ether oxygens (including phenoxy) is 1. The molecule has 0 atom stereocenters. The van der Waals surface area contributed by atoms with Gasteiger partial charge in [-0.15, -0.1) is 5.10 Å². The van der Waals surface area contributed by atoms with Crippen molar-refractivity contribution in [3.05, 3.63) is 108 Å². The predicted octanol–water partition coefficient (Wildman–Crippen LogP) is 4.28. The van der Waals surface area contributed by atoms with Crippen molar-refractivity contribution < 1.29 is 17.5 Å². The minimum Gasteiger partial charge on any atom is -0.487 e. The van der Waals surface area contributed by atoms with Crippen LogP contribution in [0.3, 0.4) is 0 Å². The first-order chi connectivity index (χ1) is 19.2. The van der Waals surface area contributed by atoms with Gasteiger partial charge in [-0.1, -0.05) is 41.6 Å². The van der Waals surface area contributed by atoms with Crippen molar-refractivity contribution >= 4 is 33.2 Å². The van der Waals surface area contributed by atoms with Crippen LogP contribution in [0.5, 0.6) is 5.75 Å². The Morgan fingerprint density at radius 2 is 1.75 bits per heavy atom. The van der Waals surface area contributed by atoms with Crippen molar-refractivity contribution in [1.82, 2.24) is 25.0 Å². The predicted molar refractivity (Wildman–Crippen MR) is 147 cm³/mol. The fourth-order valence-electron chi connectivity index (χ4n) is 3.81. The highest BCUT2D eigenvalue weighted by Gasteiger charge is 2.14. The Morgan fingerprint density at radius 1 is 1.00 bits per heavy atom. The highest BCUT2D eigenvalue weighted by atomic mass is 32.2. The van der Waals surface area contributed by atoms with E-state index in [1.165, 1.54) is 6.07 Å². The third kappa shape index (κ3) is 6.76. The van der Waals surface area contributed by atoms with Crippen LogP contribution in [0.15, 0.2) is 90.1 Å². The average molecular weight is 561 g/mol. The summed E-state index contributed by atoms with van der Waals surface area (Å²) in [5.74, 6) is -0.0781. The Labute approximate surface area is 229 Å². The second kappa shape index (κ2) is 11.5. The molecule has 13 heteroatoms. The van der Waals surface area contributed by atoms with Crippen molar-refractivity contribution in [2.24, 2.45) is 5.14 Å². The summed E-state index contributed by atoms with van der Waals surface area (Å²) in [5, 5.41) is 19.3. The number of benzene rings is 3. The van der Waals surface area contributed by atoms with Crippen LogP contribution < -0.4 is 20.5 Å². The second-order valence-corrected chi connectivity index (χ2v) is 10.4. The molecule has 0 aliphatic rings. The van der Waals surface area contributed by atoms with Gasteiger partial charge in [0.05, 0.1) is 23.8 Å². The number of primary sulfonamides is 1. The monoisotopic (exact) mass is 560 g/mol. The minimum atomic E-state index is -3.91. The molecular formula is C27H25FN8O3S. The highest BCUT2D eigenvalue weighted by Crippen LogP contribution is 2.24. The van der Waals surface area contributed by atoms with E-state index in [4.69, 9.17) is 9.88 Å². The third-order valence-electron chi connectivity index (χ3n) is 5.77. The number of anilines is 4. The molecule has 0 bridgehead atoms. The molecule has 2 heterocycles. The van der Waals surface area contributed by atoms with Crippen LogP contribution >= 0.6 is 0 Å². The van der Waals surface area contributed by atoms with Crippen molar-refractivity contribution in [3.63, 3.8) is 0 Å². The summed E-state index contributed by atoms with van der Waals surface area (Å²) >= 11 is 0. The largest absolute Gasteiger partial charge is 0.487 e. The SMILES string of the molecule is Cc1ccc(Nc2ncc(F)c(Nc3ccc(OCc4cn(Cc5ccccc5)nn4)cc3)n2)cc1S(N)(=O)=O. The number of aromatic nitrogens is 5. The number of hydrogen-bond donors (Lipinski definition) is 3. The molecular weight excluding hydrogens is 535 g/mol. The molecule has 204 valence electrons. The van der Waals surface area contributed by atoms with Crippen molar-refractivity contribution in [2.45, 2.75) is 25.0 Å². The van der Waals surface area contributed by atoms with Gasteiger partial charge in [0.25, 0.3) is 0 Å². The first kappa shape index (κ1) is 26.7. The second-order valence-electron chi connectivity index (χ2n) is 8.87. The minimum absolute atomic E-state index is 0.0305. The molecule has 5 rings (SSSR count). The Morgan fingerprint density at radius 3 is 2.50 bits per heavy atom. The van der Waals surface area contributed by atoms with Crippen LogP contribution in [0, 0.1) is 12.7 Å². The van der Waals surface area contributed by atoms with Gasteiger partial charge in [-0.2, -0.15) is 4.98 Å². The van der Waals surface area contributed by atoms with Crippen LogP contribution in [-0.4, -0.2) is 33.4 Å². The van der Waals surface area contributed by atoms with E-state index in [1.807, 2.05) is 36.5 Å². The first-order valence-corrected chi connectivity index (χ1v) is 13.6. The number of halogens is 1. The van der Waals surface area contributed by atoms with Gasteiger partial charge in [-0.05, 0) is 54.4 Å². The lowest BCUT2D eigenvalue weighted by Gasteiger charge is -2.11. The average Bonchev–Trinajstić information content (AvgIpc) is 3.38. The van der Waals surface area contributed by atoms with E-state index in [0.29, 0.717) is 34.9 Å². The van der Waals surface area contributed by atoms with E-state index < -0.39 is 15.8 Å². The van der Waals surface area contributed by atoms with Crippen LogP contribution in [0.2, 0.25) is 0 Å². The molecule has 0 amide bonds. The molecule has 0 fully saturated rings. The van der Waals surface area contributed by atoms with Crippen molar-refractivity contribution in [1.29, 1.82) is 0 Å². The number of nitrogens with one attached hydrogen (secondary N) is 2. The maximum atomic E-state index is 14.4. The Hall–Kier alpha value is -4.88. The molecule has 4 N–H and O–H groups in total. The zero-order valence-corrected chi connectivity index (χ0v) is 22.1. The maximum Gasteiger partial charge on any atom is 0.238 e. The van der Waals surface area contributed by atoms with E-state index in [9.17, 15) is 12.8 Å². The van der Waals surface area contributed by atoms with Gasteiger partial charge in [0.15, 0.2) is 11.6 Å². The van der Waals surface area contributed by atoms with Gasteiger partial charge >= 0.3 is 0 Å². The summed E-state index contributed by atoms with van der Waals surface area (Å²) in [7, 11) is -3.91. The summed E-state index contributed by atoms with van der Waals surface area (Å²) in [6.07, 6.45) is 2.84. The summed E-state index contributed by atoms with van der Waals surface area (Å²) in [6.45, 7) is 2.49. The van der Waals surface area contributed by atoms with Crippen molar-refractivity contribution in [3.8, 4) is 5.75 Å². The summed E-state index contributed by atoms with van der Waals surface area (Å²) < 4.78 is 45.6. The van der Waals surface area contributed by atoms with Crippen LogP contribution in [0.4, 0.5) is 27.5 Å². The highest BCUT2D eigenvalue weighted by molar-refractivity contribution is 7.89. The van der Waals surface area contributed by atoms with E-state index in [-0.39, 0.29) is 23.3 Å². The molecule has 0 saturated carbocycles. The zero-order valence-electron chi connectivity index (χ0n) is 21.3. The Kier molecular flexibility index (Phi) is 7.66. The van der Waals surface area contributed by atoms with E-state index in [1.54, 1.807) is 48.0 Å². The van der Waals surface area contributed by atoms with Crippen LogP contribution in [-0.2, 0) is 23.2 Å². The number of nitrogens with zero attached hydrogens (tertiary/aromatic N) is 5. The van der Waals surface area contributed by atoms with Crippen molar-refractivity contribution in [2.75, 3.05) is 10.6 Å². The normalized spacial score (nSPS) is 11.3. The molecule has 5 aromatic rings. The fourth-order valence-corrected chi connectivity index (χ4v) is 4.62. The molecule has 0 spiro atoms. The topological polar surface area (TPSA) is 150 Å². The summed E-state index contributed by atoms with van der Waals surface area (Å²) in [5.41, 5.74) is 3.26. The lowest BCUT2D eigenvalue weighted by molar-refractivity contribution is 0.301. The number of aryl methyl sites for hydroxylation is 1. The van der Waals surface area contributed by atoms with E-state index >= 15 is 0 Å². The molecule has 0 saturated heterocycles. The Balaban J connectivity index is 1.20. The Bertz CT molecular complexity index is 1730. The molecule has 11 nitrogen and oxygen atoms in total. The van der Waals surface area contributed by atoms with Gasteiger partial charge < -0.3 is 15.4 Å². The molecule has 0 unspecified atom stereocenters. The number of rotatable bonds is 10. The van der Waals surface area contributed by atoms with E-state index in [2.05, 4.69) is 30.9 Å². The molecule has 40 heavy (non-hydrogen) atoms. The first-order valence-electron chi connectivity index (χ1n) is 12.1. The van der Waals surface area contributed by atoms with E-state index in [0.717, 1.165) is 11.8 Å². The standard InChI is InChI=1S/C27H25FN8O3S/c1-18-7-8-21(13-25(18)40(29,37)38)32-27-30-14-24(28)26(33-27)31-20-9-11-23(12-10-20)39-17-22-16-36(35-34-22)15-19-5-3-2-4-6-19/h2-14,16H,15,17H2,1H3,(H2,29,37,38)(H2,30,31,32,33). The molecule has 2 aromatic heterocycles. The number of hydrogen-bond acceptors (Lipinski definition) is 9. The van der Waals surface area contributed by atoms with Gasteiger partial charge in [-0.3, -0.25) is 0 Å². The zero-order chi connectivity index (χ0) is 28.1. The van der Waals surface area contributed by atoms with Gasteiger partial charge in [0, 0.05) is 11.4 Å². The lowest BCUT2D eigenvalue weighted by Crippen LogP contribution is -2.14. The fraction of sp³-hybridized carbons (Fsp3) is 0.111. The smallest absolute Gasteiger partial charge is 0.238 e. The third-order valence-corrected chi connectivity index (χ3v) is 6.83. The number of nitrogens with two attached hydrogens (primary N) is 1. The molecule has 3 aromatic carbocycles. The number of sulfonamides is 1. The summed E-state index contributed by atoms with van der Waals surface area (Å²) in [6, 6.07) is 21.5. The van der Waals surface area contributed by atoms with Crippen LogP contribution in [0.25, 0.3) is 0 Å². The molecule has 0 radical (unpaired) electrons. The van der Waals surface area contributed by atoms with Gasteiger partial charge in [0.2, 0.25) is 16.0 Å². The van der Waals surface area contributed by atoms with Gasteiger partial charge in [-0.25, -0.2) is 27.6 Å². The van der Waals surface area contributed by atoms with Crippen LogP contribution in [0.1, 0.15) is 16.8 Å². The molecule has 0 aliphatic carbocycles. The van der Waals surface area contributed by atoms with Gasteiger partial charge in [0.1, 0.15) is 18.1 Å². The maximum absolute atomic E-state index is 14.4. The lowest BCUT2D eigenvalue weighted by atomic mass is 10.2. The summed E-state index contributed by atoms with van der Waals surface area (Å²) in [4.78, 5) is 8.07.